The Morgan fingerprint density at radius 1 is 1.57 bits per heavy atom. The lowest BCUT2D eigenvalue weighted by Crippen LogP contribution is -2.24. The third-order valence-electron chi connectivity index (χ3n) is 2.10. The molecule has 0 fully saturated rings. The van der Waals surface area contributed by atoms with Crippen LogP contribution in [0.2, 0.25) is 0 Å². The summed E-state index contributed by atoms with van der Waals surface area (Å²) in [4.78, 5) is 12.6. The molecule has 1 N–H and O–H groups in total. The summed E-state index contributed by atoms with van der Waals surface area (Å²) in [5.41, 5.74) is 0. The third kappa shape index (κ3) is 2.01. The smallest absolute Gasteiger partial charge is 0.224 e. The van der Waals surface area contributed by atoms with Crippen molar-refractivity contribution in [2.75, 3.05) is 19.4 Å². The van der Waals surface area contributed by atoms with E-state index in [0.717, 1.165) is 5.82 Å². The summed E-state index contributed by atoms with van der Waals surface area (Å²) >= 11 is 0. The second-order valence-corrected chi connectivity index (χ2v) is 3.12. The molecule has 1 rings (SSSR count). The molecule has 0 saturated carbocycles. The van der Waals surface area contributed by atoms with Gasteiger partial charge in [0.1, 0.15) is 0 Å². The Balaban J connectivity index is 2.77. The number of nitrogens with zero attached hydrogens (tertiary/aromatic N) is 4. The molecule has 0 spiro atoms. The van der Waals surface area contributed by atoms with E-state index in [0.29, 0.717) is 12.5 Å². The van der Waals surface area contributed by atoms with Gasteiger partial charge in [-0.3, -0.25) is 9.36 Å². The van der Waals surface area contributed by atoms with Gasteiger partial charge in [0.15, 0.2) is 5.82 Å². The first-order valence-corrected chi connectivity index (χ1v) is 4.34. The number of amides is 1. The van der Waals surface area contributed by atoms with Crippen molar-refractivity contribution in [1.29, 1.82) is 0 Å². The first-order chi connectivity index (χ1) is 6.56. The molecule has 0 aliphatic rings. The number of nitrogens with one attached hydrogen (secondary N) is 1. The van der Waals surface area contributed by atoms with Crippen molar-refractivity contribution in [3.05, 3.63) is 5.82 Å². The largest absolute Gasteiger partial charge is 0.357 e. The van der Waals surface area contributed by atoms with Crippen LogP contribution >= 0.6 is 0 Å². The summed E-state index contributed by atoms with van der Waals surface area (Å²) < 4.78 is 1.82. The van der Waals surface area contributed by atoms with Crippen molar-refractivity contribution in [2.45, 2.75) is 13.5 Å². The van der Waals surface area contributed by atoms with Crippen LogP contribution in [0.4, 0.5) is 5.95 Å². The van der Waals surface area contributed by atoms with Crippen LogP contribution in [-0.2, 0) is 18.4 Å². The molecule has 1 aromatic rings. The highest BCUT2D eigenvalue weighted by Crippen LogP contribution is 2.05. The van der Waals surface area contributed by atoms with E-state index in [9.17, 15) is 4.79 Å². The minimum atomic E-state index is 0.0130. The summed E-state index contributed by atoms with van der Waals surface area (Å²) in [6.07, 6.45) is 0. The summed E-state index contributed by atoms with van der Waals surface area (Å²) in [6, 6.07) is 0. The minimum absolute atomic E-state index is 0.0130. The number of aromatic nitrogens is 3. The van der Waals surface area contributed by atoms with Gasteiger partial charge in [0.25, 0.3) is 0 Å². The maximum absolute atomic E-state index is 11.0. The molecule has 0 saturated heterocycles. The molecule has 6 nitrogen and oxygen atoms in total. The number of carbonyl (C=O) groups excluding carboxylic acids is 1. The lowest BCUT2D eigenvalue weighted by Gasteiger charge is -2.13. The normalized spacial score (nSPS) is 10.0. The van der Waals surface area contributed by atoms with Gasteiger partial charge in [0.2, 0.25) is 11.9 Å². The van der Waals surface area contributed by atoms with Crippen LogP contribution in [0.25, 0.3) is 0 Å². The van der Waals surface area contributed by atoms with Crippen molar-refractivity contribution < 1.29 is 4.79 Å². The highest BCUT2D eigenvalue weighted by molar-refractivity contribution is 5.72. The molecule has 78 valence electrons. The Hall–Kier alpha value is -1.59. The van der Waals surface area contributed by atoms with E-state index in [1.807, 2.05) is 11.6 Å². The lowest BCUT2D eigenvalue weighted by molar-refractivity contribution is -0.128. The second kappa shape index (κ2) is 4.08. The van der Waals surface area contributed by atoms with Crippen molar-refractivity contribution in [3.63, 3.8) is 0 Å². The maximum atomic E-state index is 11.0. The van der Waals surface area contributed by atoms with Crippen LogP contribution in [0, 0.1) is 0 Å². The third-order valence-corrected chi connectivity index (χ3v) is 2.10. The van der Waals surface area contributed by atoms with Crippen molar-refractivity contribution in [1.82, 2.24) is 19.7 Å². The van der Waals surface area contributed by atoms with Gasteiger partial charge in [-0.25, -0.2) is 0 Å². The molecule has 0 atom stereocenters. The highest BCUT2D eigenvalue weighted by Gasteiger charge is 2.10. The highest BCUT2D eigenvalue weighted by atomic mass is 16.2. The molecular weight excluding hydrogens is 182 g/mol. The SMILES string of the molecule is CNc1nnc(CN(C)C(C)=O)n1C. The molecule has 14 heavy (non-hydrogen) atoms. The van der Waals surface area contributed by atoms with Gasteiger partial charge in [-0.05, 0) is 0 Å². The average molecular weight is 197 g/mol. The van der Waals surface area contributed by atoms with E-state index >= 15 is 0 Å². The van der Waals surface area contributed by atoms with Gasteiger partial charge in [0.05, 0.1) is 6.54 Å². The van der Waals surface area contributed by atoms with Crippen molar-refractivity contribution in [2.24, 2.45) is 7.05 Å². The lowest BCUT2D eigenvalue weighted by atomic mass is 10.5. The molecule has 0 aromatic carbocycles. The predicted octanol–water partition coefficient (Wildman–Crippen LogP) is -0.165. The Morgan fingerprint density at radius 2 is 2.21 bits per heavy atom. The van der Waals surface area contributed by atoms with Gasteiger partial charge in [-0.15, -0.1) is 10.2 Å². The Kier molecular flexibility index (Phi) is 3.06. The number of anilines is 1. The number of hydrogen-bond acceptors (Lipinski definition) is 4. The summed E-state index contributed by atoms with van der Waals surface area (Å²) in [5, 5.41) is 10.8. The molecule has 1 amide bonds. The molecule has 6 heteroatoms. The minimum Gasteiger partial charge on any atom is -0.357 e. The Bertz CT molecular complexity index is 332. The van der Waals surface area contributed by atoms with Gasteiger partial charge in [-0.2, -0.15) is 0 Å². The summed E-state index contributed by atoms with van der Waals surface area (Å²) in [7, 11) is 5.37. The zero-order valence-corrected chi connectivity index (χ0v) is 8.90. The fourth-order valence-electron chi connectivity index (χ4n) is 1.04. The van der Waals surface area contributed by atoms with E-state index in [-0.39, 0.29) is 5.91 Å². The molecule has 1 heterocycles. The zero-order chi connectivity index (χ0) is 10.7. The summed E-state index contributed by atoms with van der Waals surface area (Å²) in [5.74, 6) is 1.46. The summed E-state index contributed by atoms with van der Waals surface area (Å²) in [6.45, 7) is 2.00. The standard InChI is InChI=1S/C8H15N5O/c1-6(14)12(3)5-7-10-11-8(9-2)13(7)4/h5H2,1-4H3,(H,9,11). The molecule has 1 aromatic heterocycles. The number of rotatable bonds is 3. The fourth-order valence-corrected chi connectivity index (χ4v) is 1.04. The van der Waals surface area contributed by atoms with E-state index in [1.165, 1.54) is 6.92 Å². The fraction of sp³-hybridized carbons (Fsp3) is 0.625. The van der Waals surface area contributed by atoms with Crippen molar-refractivity contribution >= 4 is 11.9 Å². The van der Waals surface area contributed by atoms with E-state index in [2.05, 4.69) is 15.5 Å². The zero-order valence-electron chi connectivity index (χ0n) is 8.90. The number of carbonyl (C=O) groups is 1. The quantitative estimate of drug-likeness (QED) is 0.731. The molecule has 0 radical (unpaired) electrons. The second-order valence-electron chi connectivity index (χ2n) is 3.12. The topological polar surface area (TPSA) is 63.1 Å². The average Bonchev–Trinajstić information content (AvgIpc) is 2.47. The molecule has 0 aliphatic heterocycles. The van der Waals surface area contributed by atoms with E-state index in [4.69, 9.17) is 0 Å². The van der Waals surface area contributed by atoms with Crippen LogP contribution in [0.15, 0.2) is 0 Å². The maximum Gasteiger partial charge on any atom is 0.224 e. The van der Waals surface area contributed by atoms with E-state index < -0.39 is 0 Å². The molecule has 0 unspecified atom stereocenters. The van der Waals surface area contributed by atoms with Crippen LogP contribution < -0.4 is 5.32 Å². The molecular formula is C8H15N5O. The number of hydrogen-bond donors (Lipinski definition) is 1. The Labute approximate surface area is 82.9 Å². The van der Waals surface area contributed by atoms with Gasteiger partial charge < -0.3 is 10.2 Å². The van der Waals surface area contributed by atoms with Gasteiger partial charge in [0, 0.05) is 28.1 Å². The predicted molar refractivity (Wildman–Crippen MR) is 52.7 cm³/mol. The first kappa shape index (κ1) is 10.5. The first-order valence-electron chi connectivity index (χ1n) is 4.34. The van der Waals surface area contributed by atoms with Crippen molar-refractivity contribution in [3.8, 4) is 0 Å². The molecule has 0 bridgehead atoms. The van der Waals surface area contributed by atoms with Crippen LogP contribution in [0.3, 0.4) is 0 Å². The molecule has 0 aliphatic carbocycles. The Morgan fingerprint density at radius 3 is 2.64 bits per heavy atom. The van der Waals surface area contributed by atoms with Crippen LogP contribution in [0.1, 0.15) is 12.7 Å². The van der Waals surface area contributed by atoms with Crippen LogP contribution in [0.5, 0.6) is 0 Å². The monoisotopic (exact) mass is 197 g/mol. The van der Waals surface area contributed by atoms with E-state index in [1.54, 1.807) is 19.0 Å². The van der Waals surface area contributed by atoms with Gasteiger partial charge in [-0.1, -0.05) is 0 Å². The van der Waals surface area contributed by atoms with Gasteiger partial charge >= 0.3 is 0 Å². The van der Waals surface area contributed by atoms with Crippen LogP contribution in [-0.4, -0.2) is 39.7 Å².